The summed E-state index contributed by atoms with van der Waals surface area (Å²) in [5.41, 5.74) is 15.9. The van der Waals surface area contributed by atoms with E-state index in [2.05, 4.69) is 106 Å². The smallest absolute Gasteiger partial charge is 0.416 e. The SMILES string of the molecule is CC(=N)NCCCCC(=O)Nc1cc(C(F)(F)F)cc(NC(=O)Nc2nc3ccc(NC(=O)Nc4cc(C(F)(F)F)cc(NC(=O)CCCCNC(=N)N)c4OC4CCNC4)cc3s2)c1OC1CCNC1.CC(=N)NCCCCC(=O)Nc1cc(C(F)(F)F)cc(NC(=O)Nc2nc3ccc(NC(=O)Nc4cc(C(F)(F)F)cc(NC(=O)CCCCNC(=N)N)c4SCCN)cc3s2)c1SCCN. The number of nitrogens with zero attached hydrogens (tertiary/aromatic N) is 2. The third kappa shape index (κ3) is 35.4. The van der Waals surface area contributed by atoms with Crippen molar-refractivity contribution in [2.45, 2.75) is 150 Å². The molecular formula is C84H104F12N28O10S4. The Labute approximate surface area is 797 Å². The first kappa shape index (κ1) is 108. The zero-order valence-corrected chi connectivity index (χ0v) is 77.3. The molecule has 2 aromatic heterocycles. The van der Waals surface area contributed by atoms with Crippen molar-refractivity contribution < 1.29 is 101 Å². The van der Waals surface area contributed by atoms with Crippen molar-refractivity contribution in [3.8, 4) is 11.5 Å². The van der Waals surface area contributed by atoms with E-state index in [1.54, 1.807) is 13.8 Å². The highest BCUT2D eigenvalue weighted by Gasteiger charge is 2.39. The van der Waals surface area contributed by atoms with Crippen LogP contribution in [0.2, 0.25) is 0 Å². The van der Waals surface area contributed by atoms with Crippen molar-refractivity contribution in [3.05, 3.63) is 107 Å². The molecule has 0 radical (unpaired) electrons. The number of nitrogens with one attached hydrogen (secondary N) is 22. The average molecular weight is 2020 g/mol. The summed E-state index contributed by atoms with van der Waals surface area (Å²) in [5, 5.41) is 76.2. The Kier molecular flexibility index (Phi) is 40.3. The fourth-order valence-electron chi connectivity index (χ4n) is 13.3. The number of amides is 12. The van der Waals surface area contributed by atoms with E-state index >= 15 is 0 Å². The third-order valence-electron chi connectivity index (χ3n) is 19.5. The Morgan fingerprint density at radius 2 is 0.681 bits per heavy atom. The molecule has 4 heterocycles. The fraction of sp³-hybridized carbons (Fsp3) is 0.405. The van der Waals surface area contributed by atoms with Crippen LogP contribution in [0.5, 0.6) is 11.5 Å². The second kappa shape index (κ2) is 51.3. The molecule has 2 saturated heterocycles. The van der Waals surface area contributed by atoms with Crippen molar-refractivity contribution in [1.82, 2.24) is 41.9 Å². The number of halogens is 12. The largest absolute Gasteiger partial charge is 0.485 e. The number of anilines is 12. The van der Waals surface area contributed by atoms with E-state index in [1.807, 2.05) is 0 Å². The molecule has 2 aliphatic rings. The number of amidine groups is 2. The number of carbonyl (C=O) groups is 8. The molecule has 0 saturated carbocycles. The highest BCUT2D eigenvalue weighted by molar-refractivity contribution is 7.99. The minimum atomic E-state index is -4.89. The first-order valence-electron chi connectivity index (χ1n) is 42.8. The van der Waals surface area contributed by atoms with Crippen LogP contribution in [0.3, 0.4) is 0 Å². The minimum absolute atomic E-state index is 0.00584. The number of hydrogen-bond acceptors (Lipinski definition) is 24. The normalized spacial score (nSPS) is 13.6. The maximum absolute atomic E-state index is 14.2. The van der Waals surface area contributed by atoms with Crippen molar-refractivity contribution in [2.24, 2.45) is 22.9 Å². The summed E-state index contributed by atoms with van der Waals surface area (Å²) in [6.45, 7) is 6.71. The molecule has 138 heavy (non-hydrogen) atoms. The van der Waals surface area contributed by atoms with E-state index in [0.717, 1.165) is 82.6 Å². The summed E-state index contributed by atoms with van der Waals surface area (Å²) in [4.78, 5) is 114. The Balaban J connectivity index is 0.000000310. The molecular weight excluding hydrogens is 1920 g/mol. The van der Waals surface area contributed by atoms with Gasteiger partial charge in [-0.25, -0.2) is 29.1 Å². The van der Waals surface area contributed by atoms with Crippen LogP contribution in [0.25, 0.3) is 20.4 Å². The van der Waals surface area contributed by atoms with Gasteiger partial charge >= 0.3 is 48.8 Å². The number of benzene rings is 6. The summed E-state index contributed by atoms with van der Waals surface area (Å²) in [7, 11) is 0. The van der Waals surface area contributed by atoms with Crippen molar-refractivity contribution in [2.75, 3.05) is 141 Å². The highest BCUT2D eigenvalue weighted by Crippen LogP contribution is 2.47. The molecule has 6 aromatic carbocycles. The maximum Gasteiger partial charge on any atom is 0.416 e. The topological polar surface area (TPSA) is 597 Å². The molecule has 0 aliphatic carbocycles. The minimum Gasteiger partial charge on any atom is -0.485 e. The number of thiazole rings is 2. The Morgan fingerprint density at radius 1 is 0.399 bits per heavy atom. The van der Waals surface area contributed by atoms with Gasteiger partial charge in [0, 0.05) is 101 Å². The second-order valence-electron chi connectivity index (χ2n) is 30.9. The van der Waals surface area contributed by atoms with Gasteiger partial charge < -0.3 is 117 Å². The van der Waals surface area contributed by atoms with E-state index in [1.165, 1.54) is 36.4 Å². The summed E-state index contributed by atoms with van der Waals surface area (Å²) in [6, 6.07) is 10.7. The number of nitrogens with two attached hydrogens (primary N) is 4. The zero-order chi connectivity index (χ0) is 101. The van der Waals surface area contributed by atoms with Crippen LogP contribution in [-0.4, -0.2) is 170 Å². The van der Waals surface area contributed by atoms with Crippen molar-refractivity contribution >= 4 is 205 Å². The molecule has 2 atom stereocenters. The van der Waals surface area contributed by atoms with Crippen molar-refractivity contribution in [3.63, 3.8) is 0 Å². The molecule has 10 rings (SSSR count). The predicted octanol–water partition coefficient (Wildman–Crippen LogP) is 15.4. The molecule has 12 amide bonds. The predicted molar refractivity (Wildman–Crippen MR) is 512 cm³/mol. The van der Waals surface area contributed by atoms with Gasteiger partial charge in [-0.2, -0.15) is 52.7 Å². The number of hydrogen-bond donors (Lipinski definition) is 26. The zero-order valence-electron chi connectivity index (χ0n) is 74.1. The van der Waals surface area contributed by atoms with Crippen LogP contribution in [0, 0.1) is 21.6 Å². The first-order valence-corrected chi connectivity index (χ1v) is 46.4. The number of thioether (sulfide) groups is 2. The lowest BCUT2D eigenvalue weighted by Gasteiger charge is -2.22. The Bertz CT molecular complexity index is 5420. The number of fused-ring (bicyclic) bond motifs is 2. The average Bonchev–Trinajstić information content (AvgIpc) is 0.983. The van der Waals surface area contributed by atoms with Gasteiger partial charge in [-0.1, -0.05) is 22.7 Å². The number of urea groups is 4. The lowest BCUT2D eigenvalue weighted by atomic mass is 10.1. The first-order chi connectivity index (χ1) is 65.4. The number of unbranched alkanes of at least 4 members (excludes halogenated alkanes) is 4. The van der Waals surface area contributed by atoms with Gasteiger partial charge in [0.1, 0.15) is 12.2 Å². The number of guanidine groups is 2. The van der Waals surface area contributed by atoms with Gasteiger partial charge in [-0.05, 0) is 176 Å². The summed E-state index contributed by atoms with van der Waals surface area (Å²) in [6.07, 6.45) is -16.3. The van der Waals surface area contributed by atoms with E-state index < -0.39 is 107 Å². The van der Waals surface area contributed by atoms with Crippen LogP contribution < -0.4 is 128 Å². The van der Waals surface area contributed by atoms with Crippen LogP contribution in [-0.2, 0) is 43.9 Å². The summed E-state index contributed by atoms with van der Waals surface area (Å²) < 4.78 is 183. The van der Waals surface area contributed by atoms with Crippen LogP contribution in [0.15, 0.2) is 94.7 Å². The molecule has 30 N–H and O–H groups in total. The van der Waals surface area contributed by atoms with E-state index in [9.17, 15) is 91.0 Å². The van der Waals surface area contributed by atoms with E-state index in [-0.39, 0.29) is 162 Å². The molecule has 0 spiro atoms. The number of rotatable bonds is 42. The van der Waals surface area contributed by atoms with Crippen LogP contribution in [0.4, 0.5) is 139 Å². The fourth-order valence-corrected chi connectivity index (χ4v) is 16.8. The standard InChI is InChI=1S/C44H54F6N14O6S.C40H50F6N14O4S3/c1-23(51)56-12-4-2-6-35(65)60-31-17-25(44(48,49)50)19-33(38(31)70-28-11-15-55-22-28)62-41(68)64-42-63-29-9-8-26(20-34(29)71-42)58-40(67)61-32-18-24(43(45,46)47)16-30(37(32)69-27-10-14-54-21-27)59-36(66)7-3-5-13-57-39(52)53;1-21(49)52-12-4-2-6-31(61)56-27-17-23(40(44,45)46)19-29(34(27)66-15-11-48)58-37(64)60-38-59-25-9-8-24(20-30(25)67-38)54-36(63)57-28-18-22(39(41,42)43)16-26(33(28)65-14-10-47)55-32(62)7-3-5-13-53-35(50)51/h8-9,16-20,27-28,54-55H,2-7,10-15,21-22H2,1H3,(H2,51,56)(H,59,66)(H,60,65)(H4,52,53,57)(H2,58,61,67)(H2,62,63,64,68);8-9,16-20H,2-7,10-15,47-48H2,1H3,(H2,49,52)(H,55,62)(H,56,61)(H4,50,51,53)(H2,54,57,63)(H2,58,59,60,64). The van der Waals surface area contributed by atoms with Gasteiger partial charge in [-0.3, -0.25) is 51.4 Å². The molecule has 2 fully saturated rings. The van der Waals surface area contributed by atoms with Gasteiger partial charge in [-0.15, -0.1) is 23.5 Å². The number of ether oxygens (including phenoxy) is 2. The number of alkyl halides is 12. The van der Waals surface area contributed by atoms with Gasteiger partial charge in [0.05, 0.1) is 110 Å². The number of carbonyl (C=O) groups excluding carboxylic acids is 8. The van der Waals surface area contributed by atoms with E-state index in [4.69, 9.17) is 54.0 Å². The highest BCUT2D eigenvalue weighted by atomic mass is 32.2. The molecule has 0 bridgehead atoms. The molecule has 2 unspecified atom stereocenters. The van der Waals surface area contributed by atoms with Gasteiger partial charge in [0.25, 0.3) is 0 Å². The molecule has 748 valence electrons. The quantitative estimate of drug-likeness (QED) is 0.00555. The van der Waals surface area contributed by atoms with Crippen molar-refractivity contribution in [1.29, 1.82) is 21.6 Å². The molecule has 2 aliphatic heterocycles. The van der Waals surface area contributed by atoms with Crippen LogP contribution in [0.1, 0.15) is 126 Å². The van der Waals surface area contributed by atoms with Gasteiger partial charge in [0.15, 0.2) is 33.7 Å². The molecule has 54 heteroatoms. The van der Waals surface area contributed by atoms with Crippen LogP contribution >= 0.6 is 46.2 Å². The second-order valence-corrected chi connectivity index (χ2v) is 35.1. The van der Waals surface area contributed by atoms with E-state index in [0.29, 0.717) is 149 Å². The Morgan fingerprint density at radius 3 is 0.971 bits per heavy atom. The van der Waals surface area contributed by atoms with Gasteiger partial charge in [0.2, 0.25) is 23.6 Å². The monoisotopic (exact) mass is 2020 g/mol. The number of aromatic nitrogens is 2. The third-order valence-corrected chi connectivity index (χ3v) is 23.8. The maximum atomic E-state index is 14.2. The lowest BCUT2D eigenvalue weighted by molar-refractivity contribution is -0.138. The molecule has 38 nitrogen and oxygen atoms in total. The molecule has 8 aromatic rings. The summed E-state index contributed by atoms with van der Waals surface area (Å²) >= 11 is 3.91. The lowest BCUT2D eigenvalue weighted by Crippen LogP contribution is -2.31. The Hall–Kier alpha value is -13.2. The summed E-state index contributed by atoms with van der Waals surface area (Å²) in [5.74, 6) is -2.27.